The van der Waals surface area contributed by atoms with Gasteiger partial charge in [-0.3, -0.25) is 9.78 Å². The highest BCUT2D eigenvalue weighted by Gasteiger charge is 2.26. The van der Waals surface area contributed by atoms with Gasteiger partial charge in [0.2, 0.25) is 5.91 Å². The van der Waals surface area contributed by atoms with E-state index in [2.05, 4.69) is 25.4 Å². The van der Waals surface area contributed by atoms with Crippen molar-refractivity contribution in [1.29, 1.82) is 0 Å². The molecule has 0 bridgehead atoms. The van der Waals surface area contributed by atoms with E-state index in [0.717, 1.165) is 48.6 Å². The summed E-state index contributed by atoms with van der Waals surface area (Å²) in [6, 6.07) is 15.7. The van der Waals surface area contributed by atoms with Crippen molar-refractivity contribution >= 4 is 11.7 Å². The minimum absolute atomic E-state index is 0.0376. The number of hydrogen-bond acceptors (Lipinski definition) is 6. The molecule has 4 rings (SSSR count). The standard InChI is InChI=1S/C24H27N5O2/c1-31-21-8-6-18(7-9-21)12-14-26-24(30)20-5-3-15-29(17-20)23-11-10-22(27-28-23)19-4-2-13-25-16-19/h2,4,6-11,13,16,20H,3,5,12,14-15,17H2,1H3,(H,26,30). The van der Waals surface area contributed by atoms with Gasteiger partial charge in [0, 0.05) is 37.6 Å². The van der Waals surface area contributed by atoms with Crippen LogP contribution in [0.4, 0.5) is 5.82 Å². The zero-order valence-electron chi connectivity index (χ0n) is 17.7. The Kier molecular flexibility index (Phi) is 6.72. The van der Waals surface area contributed by atoms with Gasteiger partial charge in [-0.1, -0.05) is 12.1 Å². The number of anilines is 1. The second-order valence-electron chi connectivity index (χ2n) is 7.69. The van der Waals surface area contributed by atoms with E-state index in [1.54, 1.807) is 19.5 Å². The topological polar surface area (TPSA) is 80.2 Å². The van der Waals surface area contributed by atoms with Gasteiger partial charge in [-0.05, 0) is 61.2 Å². The molecule has 1 fully saturated rings. The molecule has 31 heavy (non-hydrogen) atoms. The van der Waals surface area contributed by atoms with Crippen molar-refractivity contribution in [1.82, 2.24) is 20.5 Å². The Morgan fingerprint density at radius 2 is 2.03 bits per heavy atom. The lowest BCUT2D eigenvalue weighted by Gasteiger charge is -2.32. The quantitative estimate of drug-likeness (QED) is 0.636. The number of nitrogens with zero attached hydrogens (tertiary/aromatic N) is 4. The first-order valence-electron chi connectivity index (χ1n) is 10.6. The third-order valence-corrected chi connectivity index (χ3v) is 5.60. The molecule has 0 spiro atoms. The molecule has 7 nitrogen and oxygen atoms in total. The van der Waals surface area contributed by atoms with E-state index in [1.165, 1.54) is 5.56 Å². The van der Waals surface area contributed by atoms with Crippen LogP contribution in [0, 0.1) is 5.92 Å². The van der Waals surface area contributed by atoms with Crippen molar-refractivity contribution < 1.29 is 9.53 Å². The molecule has 1 aromatic carbocycles. The van der Waals surface area contributed by atoms with E-state index in [0.29, 0.717) is 13.1 Å². The van der Waals surface area contributed by atoms with Crippen molar-refractivity contribution in [3.8, 4) is 17.0 Å². The van der Waals surface area contributed by atoms with Gasteiger partial charge < -0.3 is 15.0 Å². The van der Waals surface area contributed by atoms with Gasteiger partial charge in [0.25, 0.3) is 0 Å². The van der Waals surface area contributed by atoms with Crippen LogP contribution in [0.3, 0.4) is 0 Å². The molecule has 0 saturated carbocycles. The minimum Gasteiger partial charge on any atom is -0.497 e. The maximum absolute atomic E-state index is 12.7. The summed E-state index contributed by atoms with van der Waals surface area (Å²) in [6.45, 7) is 2.17. The summed E-state index contributed by atoms with van der Waals surface area (Å²) in [6.07, 6.45) is 6.17. The number of aromatic nitrogens is 3. The highest BCUT2D eigenvalue weighted by atomic mass is 16.5. The first-order chi connectivity index (χ1) is 15.2. The predicted octanol–water partition coefficient (Wildman–Crippen LogP) is 3.12. The fourth-order valence-electron chi connectivity index (χ4n) is 3.83. The Bertz CT molecular complexity index is 977. The van der Waals surface area contributed by atoms with Crippen LogP contribution in [0.5, 0.6) is 5.75 Å². The van der Waals surface area contributed by atoms with Gasteiger partial charge in [0.05, 0.1) is 18.7 Å². The fraction of sp³-hybridized carbons (Fsp3) is 0.333. The average Bonchev–Trinajstić information content (AvgIpc) is 2.85. The van der Waals surface area contributed by atoms with E-state index >= 15 is 0 Å². The van der Waals surface area contributed by atoms with Crippen LogP contribution >= 0.6 is 0 Å². The maximum Gasteiger partial charge on any atom is 0.224 e. The molecule has 1 saturated heterocycles. The SMILES string of the molecule is COc1ccc(CCNC(=O)C2CCCN(c3ccc(-c4cccnc4)nn3)C2)cc1. The average molecular weight is 418 g/mol. The van der Waals surface area contributed by atoms with Crippen LogP contribution in [0.1, 0.15) is 18.4 Å². The Labute approximate surface area is 182 Å². The number of ether oxygens (including phenoxy) is 1. The van der Waals surface area contributed by atoms with Crippen LogP contribution in [-0.4, -0.2) is 47.8 Å². The third-order valence-electron chi connectivity index (χ3n) is 5.60. The summed E-state index contributed by atoms with van der Waals surface area (Å²) in [4.78, 5) is 19.0. The summed E-state index contributed by atoms with van der Waals surface area (Å²) < 4.78 is 5.18. The molecule has 1 unspecified atom stereocenters. The molecular weight excluding hydrogens is 390 g/mol. The molecule has 7 heteroatoms. The lowest BCUT2D eigenvalue weighted by molar-refractivity contribution is -0.125. The van der Waals surface area contributed by atoms with Gasteiger partial charge in [-0.25, -0.2) is 0 Å². The lowest BCUT2D eigenvalue weighted by Crippen LogP contribution is -2.43. The van der Waals surface area contributed by atoms with Crippen LogP contribution in [0.25, 0.3) is 11.3 Å². The van der Waals surface area contributed by atoms with Gasteiger partial charge in [-0.15, -0.1) is 10.2 Å². The number of carbonyl (C=O) groups is 1. The number of pyridine rings is 1. The summed E-state index contributed by atoms with van der Waals surface area (Å²) in [5.41, 5.74) is 2.91. The number of carbonyl (C=O) groups excluding carboxylic acids is 1. The minimum atomic E-state index is -0.0376. The second kappa shape index (κ2) is 10.0. The molecule has 1 N–H and O–H groups in total. The molecule has 1 atom stereocenters. The zero-order chi connectivity index (χ0) is 21.5. The number of rotatable bonds is 7. The molecule has 0 radical (unpaired) electrons. The Morgan fingerprint density at radius 3 is 2.74 bits per heavy atom. The van der Waals surface area contributed by atoms with Gasteiger partial charge >= 0.3 is 0 Å². The molecule has 3 heterocycles. The smallest absolute Gasteiger partial charge is 0.224 e. The molecule has 160 valence electrons. The number of nitrogens with one attached hydrogen (secondary N) is 1. The number of benzene rings is 1. The fourth-order valence-corrected chi connectivity index (χ4v) is 3.83. The molecule has 1 aliphatic rings. The van der Waals surface area contributed by atoms with Crippen LogP contribution in [0.2, 0.25) is 0 Å². The Morgan fingerprint density at radius 1 is 1.16 bits per heavy atom. The van der Waals surface area contributed by atoms with Gasteiger partial charge in [0.15, 0.2) is 5.82 Å². The number of hydrogen-bond donors (Lipinski definition) is 1. The van der Waals surface area contributed by atoms with Gasteiger partial charge in [-0.2, -0.15) is 0 Å². The number of methoxy groups -OCH3 is 1. The van der Waals surface area contributed by atoms with Crippen molar-refractivity contribution in [2.45, 2.75) is 19.3 Å². The lowest BCUT2D eigenvalue weighted by atomic mass is 9.97. The van der Waals surface area contributed by atoms with Crippen molar-refractivity contribution in [2.24, 2.45) is 5.92 Å². The monoisotopic (exact) mass is 417 g/mol. The van der Waals surface area contributed by atoms with Crippen molar-refractivity contribution in [3.05, 3.63) is 66.5 Å². The summed E-state index contributed by atoms with van der Waals surface area (Å²) in [5, 5.41) is 11.8. The van der Waals surface area contributed by atoms with Gasteiger partial charge in [0.1, 0.15) is 5.75 Å². The third kappa shape index (κ3) is 5.36. The normalized spacial score (nSPS) is 16.0. The van der Waals surface area contributed by atoms with E-state index in [-0.39, 0.29) is 11.8 Å². The predicted molar refractivity (Wildman–Crippen MR) is 120 cm³/mol. The van der Waals surface area contributed by atoms with Crippen molar-refractivity contribution in [3.63, 3.8) is 0 Å². The largest absolute Gasteiger partial charge is 0.497 e. The highest BCUT2D eigenvalue weighted by molar-refractivity contribution is 5.79. The Balaban J connectivity index is 1.29. The summed E-state index contributed by atoms with van der Waals surface area (Å²) in [7, 11) is 1.66. The second-order valence-corrected chi connectivity index (χ2v) is 7.69. The van der Waals surface area contributed by atoms with E-state index in [9.17, 15) is 4.79 Å². The molecule has 1 amide bonds. The van der Waals surface area contributed by atoms with Crippen LogP contribution < -0.4 is 15.0 Å². The Hall–Kier alpha value is -3.48. The van der Waals surface area contributed by atoms with E-state index in [4.69, 9.17) is 4.74 Å². The molecule has 2 aromatic heterocycles. The molecular formula is C24H27N5O2. The maximum atomic E-state index is 12.7. The molecule has 1 aliphatic heterocycles. The first kappa shape index (κ1) is 20.8. The number of amides is 1. The zero-order valence-corrected chi connectivity index (χ0v) is 17.7. The highest BCUT2D eigenvalue weighted by Crippen LogP contribution is 2.23. The van der Waals surface area contributed by atoms with Crippen LogP contribution in [-0.2, 0) is 11.2 Å². The van der Waals surface area contributed by atoms with Crippen molar-refractivity contribution in [2.75, 3.05) is 31.6 Å². The molecule has 0 aliphatic carbocycles. The number of piperidine rings is 1. The summed E-state index contributed by atoms with van der Waals surface area (Å²) in [5.74, 6) is 1.72. The van der Waals surface area contributed by atoms with Crippen LogP contribution in [0.15, 0.2) is 60.9 Å². The first-order valence-corrected chi connectivity index (χ1v) is 10.6. The van der Waals surface area contributed by atoms with E-state index in [1.807, 2.05) is 48.5 Å². The molecule has 3 aromatic rings. The summed E-state index contributed by atoms with van der Waals surface area (Å²) >= 11 is 0. The van der Waals surface area contributed by atoms with E-state index < -0.39 is 0 Å².